The number of Topliss-reactive ketones (excluding diaryl/α,β-unsaturated/α-hetero) is 1. The number of hydrogen-bond acceptors (Lipinski definition) is 3. The minimum atomic E-state index is -4.87. The minimum Gasteiger partial charge on any atom is -0.466 e. The molecule has 0 fully saturated rings. The Balaban J connectivity index is 2.82. The number of carbonyl (C=O) groups excluding carboxylic acids is 2. The number of rotatable bonds is 5. The number of alkyl halides is 3. The highest BCUT2D eigenvalue weighted by Crippen LogP contribution is 2.32. The molecule has 0 saturated carbocycles. The molecule has 0 radical (unpaired) electrons. The van der Waals surface area contributed by atoms with E-state index in [1.165, 1.54) is 0 Å². The molecule has 0 saturated heterocycles. The molecular weight excluding hydrogens is 280 g/mol. The number of esters is 1. The summed E-state index contributed by atoms with van der Waals surface area (Å²) in [7, 11) is 0. The molecule has 3 nitrogen and oxygen atoms in total. The van der Waals surface area contributed by atoms with Gasteiger partial charge in [0.05, 0.1) is 18.6 Å². The van der Waals surface area contributed by atoms with Gasteiger partial charge < -0.3 is 4.74 Å². The summed E-state index contributed by atoms with van der Waals surface area (Å²) >= 11 is 0. The van der Waals surface area contributed by atoms with E-state index in [9.17, 15) is 27.2 Å². The van der Waals surface area contributed by atoms with Gasteiger partial charge in [0.2, 0.25) is 0 Å². The lowest BCUT2D eigenvalue weighted by molar-refractivity contribution is -0.143. The Hall–Kier alpha value is -1.92. The molecule has 0 heterocycles. The van der Waals surface area contributed by atoms with Crippen LogP contribution in [0.2, 0.25) is 0 Å². The van der Waals surface area contributed by atoms with Crippen molar-refractivity contribution < 1.29 is 31.9 Å². The van der Waals surface area contributed by atoms with Crippen LogP contribution in [0.1, 0.15) is 35.7 Å². The van der Waals surface area contributed by atoms with Crippen molar-refractivity contribution in [2.24, 2.45) is 0 Å². The molecule has 0 aliphatic carbocycles. The van der Waals surface area contributed by atoms with Gasteiger partial charge in [-0.05, 0) is 25.1 Å². The summed E-state index contributed by atoms with van der Waals surface area (Å²) in [5.41, 5.74) is -1.79. The summed E-state index contributed by atoms with van der Waals surface area (Å²) in [6, 6.07) is 1.99. The summed E-state index contributed by atoms with van der Waals surface area (Å²) in [6.07, 6.45) is -5.39. The molecule has 1 aromatic rings. The second kappa shape index (κ2) is 6.49. The molecule has 0 spiro atoms. The molecule has 0 unspecified atom stereocenters. The normalized spacial score (nSPS) is 11.2. The Labute approximate surface area is 112 Å². The smallest absolute Gasteiger partial charge is 0.419 e. The van der Waals surface area contributed by atoms with E-state index in [2.05, 4.69) is 4.74 Å². The monoisotopic (exact) mass is 292 g/mol. The zero-order valence-electron chi connectivity index (χ0n) is 10.6. The molecule has 0 N–H and O–H groups in total. The summed E-state index contributed by atoms with van der Waals surface area (Å²) < 4.78 is 55.1. The molecule has 110 valence electrons. The standard InChI is InChI=1S/C13H12F4O3/c1-2-20-12(19)6-5-11(18)8-3-4-10(14)9(7-8)13(15,16)17/h3-4,7H,2,5-6H2,1H3. The molecule has 0 aliphatic heterocycles. The zero-order chi connectivity index (χ0) is 15.3. The fourth-order valence-electron chi connectivity index (χ4n) is 1.51. The van der Waals surface area contributed by atoms with E-state index < -0.39 is 29.3 Å². The fourth-order valence-corrected chi connectivity index (χ4v) is 1.51. The predicted octanol–water partition coefficient (Wildman–Crippen LogP) is 3.37. The first-order chi connectivity index (χ1) is 9.25. The van der Waals surface area contributed by atoms with Crippen molar-refractivity contribution in [3.63, 3.8) is 0 Å². The Morgan fingerprint density at radius 2 is 1.85 bits per heavy atom. The van der Waals surface area contributed by atoms with E-state index in [1.54, 1.807) is 6.92 Å². The van der Waals surface area contributed by atoms with Gasteiger partial charge in [-0.1, -0.05) is 0 Å². The maximum atomic E-state index is 13.0. The Kier molecular flexibility index (Phi) is 5.24. The van der Waals surface area contributed by atoms with Crippen molar-refractivity contribution in [1.82, 2.24) is 0 Å². The second-order valence-corrected chi connectivity index (χ2v) is 3.92. The van der Waals surface area contributed by atoms with Crippen molar-refractivity contribution in [3.05, 3.63) is 35.1 Å². The maximum absolute atomic E-state index is 13.0. The Bertz CT molecular complexity index is 509. The number of halogens is 4. The molecule has 0 bridgehead atoms. The van der Waals surface area contributed by atoms with E-state index in [0.29, 0.717) is 12.1 Å². The van der Waals surface area contributed by atoms with Crippen LogP contribution >= 0.6 is 0 Å². The molecular formula is C13H12F4O3. The van der Waals surface area contributed by atoms with Gasteiger partial charge in [0, 0.05) is 12.0 Å². The van der Waals surface area contributed by atoms with Crippen molar-refractivity contribution in [2.75, 3.05) is 6.61 Å². The van der Waals surface area contributed by atoms with Gasteiger partial charge in [-0.25, -0.2) is 4.39 Å². The van der Waals surface area contributed by atoms with Crippen LogP contribution in [-0.4, -0.2) is 18.4 Å². The van der Waals surface area contributed by atoms with Crippen LogP contribution in [0.4, 0.5) is 17.6 Å². The average molecular weight is 292 g/mol. The zero-order valence-corrected chi connectivity index (χ0v) is 10.6. The Morgan fingerprint density at radius 1 is 1.20 bits per heavy atom. The molecule has 7 heteroatoms. The highest BCUT2D eigenvalue weighted by atomic mass is 19.4. The first kappa shape index (κ1) is 16.1. The lowest BCUT2D eigenvalue weighted by Gasteiger charge is -2.09. The Morgan fingerprint density at radius 3 is 2.40 bits per heavy atom. The van der Waals surface area contributed by atoms with Gasteiger partial charge in [-0.2, -0.15) is 13.2 Å². The third kappa shape index (κ3) is 4.32. The van der Waals surface area contributed by atoms with Crippen LogP contribution in [0.25, 0.3) is 0 Å². The van der Waals surface area contributed by atoms with Gasteiger partial charge in [0.25, 0.3) is 0 Å². The highest BCUT2D eigenvalue weighted by molar-refractivity contribution is 5.97. The van der Waals surface area contributed by atoms with Gasteiger partial charge in [-0.15, -0.1) is 0 Å². The van der Waals surface area contributed by atoms with Gasteiger partial charge in [-0.3, -0.25) is 9.59 Å². The third-order valence-electron chi connectivity index (χ3n) is 2.46. The van der Waals surface area contributed by atoms with Gasteiger partial charge in [0.1, 0.15) is 5.82 Å². The molecule has 0 amide bonds. The highest BCUT2D eigenvalue weighted by Gasteiger charge is 2.34. The molecule has 0 aromatic heterocycles. The van der Waals surface area contributed by atoms with Crippen LogP contribution in [-0.2, 0) is 15.7 Å². The van der Waals surface area contributed by atoms with Crippen LogP contribution in [0.5, 0.6) is 0 Å². The number of hydrogen-bond donors (Lipinski definition) is 0. The topological polar surface area (TPSA) is 43.4 Å². The van der Waals surface area contributed by atoms with Crippen LogP contribution in [0.15, 0.2) is 18.2 Å². The van der Waals surface area contributed by atoms with E-state index >= 15 is 0 Å². The number of carbonyl (C=O) groups is 2. The van der Waals surface area contributed by atoms with E-state index in [0.717, 1.165) is 6.07 Å². The van der Waals surface area contributed by atoms with Crippen LogP contribution in [0.3, 0.4) is 0 Å². The molecule has 0 atom stereocenters. The summed E-state index contributed by atoms with van der Waals surface area (Å²) in [4.78, 5) is 22.7. The van der Waals surface area contributed by atoms with Crippen LogP contribution in [0, 0.1) is 5.82 Å². The third-order valence-corrected chi connectivity index (χ3v) is 2.46. The number of ketones is 1. The van der Waals surface area contributed by atoms with Crippen molar-refractivity contribution in [1.29, 1.82) is 0 Å². The predicted molar refractivity (Wildman–Crippen MR) is 61.6 cm³/mol. The number of benzene rings is 1. The van der Waals surface area contributed by atoms with Crippen molar-refractivity contribution in [2.45, 2.75) is 25.9 Å². The lowest BCUT2D eigenvalue weighted by Crippen LogP contribution is -2.12. The summed E-state index contributed by atoms with van der Waals surface area (Å²) in [6.45, 7) is 1.75. The second-order valence-electron chi connectivity index (χ2n) is 3.92. The van der Waals surface area contributed by atoms with Crippen molar-refractivity contribution in [3.8, 4) is 0 Å². The molecule has 1 rings (SSSR count). The SMILES string of the molecule is CCOC(=O)CCC(=O)c1ccc(F)c(C(F)(F)F)c1. The lowest BCUT2D eigenvalue weighted by atomic mass is 10.0. The van der Waals surface area contributed by atoms with Gasteiger partial charge in [0.15, 0.2) is 5.78 Å². The quantitative estimate of drug-likeness (QED) is 0.475. The van der Waals surface area contributed by atoms with Gasteiger partial charge >= 0.3 is 12.1 Å². The minimum absolute atomic E-state index is 0.155. The largest absolute Gasteiger partial charge is 0.466 e. The summed E-state index contributed by atoms with van der Waals surface area (Å²) in [5.74, 6) is -2.73. The molecule has 1 aromatic carbocycles. The first-order valence-electron chi connectivity index (χ1n) is 5.81. The van der Waals surface area contributed by atoms with Crippen molar-refractivity contribution >= 4 is 11.8 Å². The molecule has 20 heavy (non-hydrogen) atoms. The molecule has 0 aliphatic rings. The number of ether oxygens (including phenoxy) is 1. The van der Waals surface area contributed by atoms with Crippen LogP contribution < -0.4 is 0 Å². The van der Waals surface area contributed by atoms with E-state index in [1.807, 2.05) is 0 Å². The summed E-state index contributed by atoms with van der Waals surface area (Å²) in [5, 5.41) is 0. The first-order valence-corrected chi connectivity index (χ1v) is 5.81. The van der Waals surface area contributed by atoms with E-state index in [-0.39, 0.29) is 25.0 Å². The average Bonchev–Trinajstić information content (AvgIpc) is 2.35. The fraction of sp³-hybridized carbons (Fsp3) is 0.385. The maximum Gasteiger partial charge on any atom is 0.419 e. The van der Waals surface area contributed by atoms with E-state index in [4.69, 9.17) is 0 Å².